The summed E-state index contributed by atoms with van der Waals surface area (Å²) in [6.45, 7) is 6.98. The van der Waals surface area contributed by atoms with Crippen LogP contribution < -0.4 is 4.74 Å². The van der Waals surface area contributed by atoms with E-state index < -0.39 is 0 Å². The second-order valence-electron chi connectivity index (χ2n) is 5.12. The number of rotatable bonds is 3. The van der Waals surface area contributed by atoms with Crippen LogP contribution in [0, 0.1) is 0 Å². The molecule has 1 aromatic carbocycles. The first-order valence-corrected chi connectivity index (χ1v) is 7.04. The number of ether oxygens (including phenoxy) is 1. The first kappa shape index (κ1) is 13.4. The van der Waals surface area contributed by atoms with E-state index in [1.807, 2.05) is 24.3 Å². The van der Waals surface area contributed by atoms with E-state index in [9.17, 15) is 0 Å². The van der Waals surface area contributed by atoms with Gasteiger partial charge in [0.05, 0.1) is 5.69 Å². The van der Waals surface area contributed by atoms with Crippen molar-refractivity contribution < 1.29 is 4.74 Å². The lowest BCUT2D eigenvalue weighted by atomic mass is 9.93. The molecule has 0 amide bonds. The zero-order chi connectivity index (χ0) is 13.2. The first-order valence-electron chi connectivity index (χ1n) is 5.78. The maximum Gasteiger partial charge on any atom is 0.140 e. The Balaban J connectivity index is 1.98. The van der Waals surface area contributed by atoms with Gasteiger partial charge in [-0.2, -0.15) is 0 Å². The molecule has 2 aromatic rings. The van der Waals surface area contributed by atoms with Crippen LogP contribution in [0.4, 0.5) is 0 Å². The molecule has 0 spiro atoms. The largest absolute Gasteiger partial charge is 0.486 e. The van der Waals surface area contributed by atoms with Gasteiger partial charge in [0, 0.05) is 15.8 Å². The summed E-state index contributed by atoms with van der Waals surface area (Å²) >= 11 is 7.45. The van der Waals surface area contributed by atoms with E-state index in [2.05, 4.69) is 31.1 Å². The van der Waals surface area contributed by atoms with Gasteiger partial charge in [-0.15, -0.1) is 11.3 Å². The molecule has 0 bridgehead atoms. The van der Waals surface area contributed by atoms with Crippen LogP contribution in [0.3, 0.4) is 0 Å². The van der Waals surface area contributed by atoms with Crippen LogP contribution in [-0.2, 0) is 12.0 Å². The van der Waals surface area contributed by atoms with Crippen LogP contribution in [0.2, 0.25) is 5.02 Å². The van der Waals surface area contributed by atoms with Gasteiger partial charge >= 0.3 is 0 Å². The SMILES string of the molecule is CC(C)(C)c1csc(COc2ccc(Cl)cc2)n1. The third-order valence-electron chi connectivity index (χ3n) is 2.50. The van der Waals surface area contributed by atoms with E-state index in [0.717, 1.165) is 16.5 Å². The van der Waals surface area contributed by atoms with Crippen molar-refractivity contribution in [2.45, 2.75) is 32.8 Å². The summed E-state index contributed by atoms with van der Waals surface area (Å²) in [5.41, 5.74) is 1.21. The van der Waals surface area contributed by atoms with Crippen molar-refractivity contribution in [3.8, 4) is 5.75 Å². The van der Waals surface area contributed by atoms with Gasteiger partial charge < -0.3 is 4.74 Å². The Morgan fingerprint density at radius 2 is 1.89 bits per heavy atom. The summed E-state index contributed by atoms with van der Waals surface area (Å²) in [6.07, 6.45) is 0. The van der Waals surface area contributed by atoms with Gasteiger partial charge in [-0.25, -0.2) is 4.98 Å². The molecule has 0 aliphatic heterocycles. The molecule has 2 rings (SSSR count). The van der Waals surface area contributed by atoms with Crippen LogP contribution >= 0.6 is 22.9 Å². The Kier molecular flexibility index (Phi) is 3.93. The van der Waals surface area contributed by atoms with Gasteiger partial charge in [0.2, 0.25) is 0 Å². The van der Waals surface area contributed by atoms with Gasteiger partial charge in [-0.05, 0) is 24.3 Å². The van der Waals surface area contributed by atoms with Crippen molar-refractivity contribution in [2.24, 2.45) is 0 Å². The van der Waals surface area contributed by atoms with Gasteiger partial charge in [-0.3, -0.25) is 0 Å². The Morgan fingerprint density at radius 1 is 1.22 bits per heavy atom. The Bertz CT molecular complexity index is 513. The molecule has 18 heavy (non-hydrogen) atoms. The monoisotopic (exact) mass is 281 g/mol. The molecule has 96 valence electrons. The molecular formula is C14H16ClNOS. The minimum absolute atomic E-state index is 0.0923. The minimum Gasteiger partial charge on any atom is -0.486 e. The molecule has 0 atom stereocenters. The fraction of sp³-hybridized carbons (Fsp3) is 0.357. The predicted octanol–water partition coefficient (Wildman–Crippen LogP) is 4.67. The lowest BCUT2D eigenvalue weighted by Gasteiger charge is -2.14. The standard InChI is InChI=1S/C14H16ClNOS/c1-14(2,3)12-9-18-13(16-12)8-17-11-6-4-10(15)5-7-11/h4-7,9H,8H2,1-3H3. The van der Waals surface area contributed by atoms with Crippen molar-refractivity contribution >= 4 is 22.9 Å². The van der Waals surface area contributed by atoms with Crippen molar-refractivity contribution in [3.63, 3.8) is 0 Å². The molecule has 0 fully saturated rings. The summed E-state index contributed by atoms with van der Waals surface area (Å²) in [4.78, 5) is 4.58. The number of aromatic nitrogens is 1. The topological polar surface area (TPSA) is 22.1 Å². The Morgan fingerprint density at radius 3 is 2.44 bits per heavy atom. The van der Waals surface area contributed by atoms with Crippen LogP contribution in [0.25, 0.3) is 0 Å². The lowest BCUT2D eigenvalue weighted by molar-refractivity contribution is 0.305. The van der Waals surface area contributed by atoms with E-state index >= 15 is 0 Å². The Hall–Kier alpha value is -1.06. The maximum absolute atomic E-state index is 5.82. The van der Waals surface area contributed by atoms with Crippen LogP contribution in [0.15, 0.2) is 29.6 Å². The maximum atomic E-state index is 5.82. The summed E-state index contributed by atoms with van der Waals surface area (Å²) in [6, 6.07) is 7.36. The highest BCUT2D eigenvalue weighted by molar-refractivity contribution is 7.09. The quantitative estimate of drug-likeness (QED) is 0.815. The van der Waals surface area contributed by atoms with E-state index in [0.29, 0.717) is 11.6 Å². The van der Waals surface area contributed by atoms with Crippen molar-refractivity contribution in [2.75, 3.05) is 0 Å². The van der Waals surface area contributed by atoms with Crippen molar-refractivity contribution in [1.29, 1.82) is 0 Å². The Labute approximate surface area is 117 Å². The third kappa shape index (κ3) is 3.47. The average molecular weight is 282 g/mol. The highest BCUT2D eigenvalue weighted by Crippen LogP contribution is 2.24. The molecule has 0 saturated carbocycles. The fourth-order valence-electron chi connectivity index (χ4n) is 1.40. The molecule has 0 aliphatic carbocycles. The van der Waals surface area contributed by atoms with E-state index in [-0.39, 0.29) is 5.41 Å². The second-order valence-corrected chi connectivity index (χ2v) is 6.50. The molecular weight excluding hydrogens is 266 g/mol. The summed E-state index contributed by atoms with van der Waals surface area (Å²) in [5, 5.41) is 3.81. The van der Waals surface area contributed by atoms with Crippen molar-refractivity contribution in [1.82, 2.24) is 4.98 Å². The van der Waals surface area contributed by atoms with Gasteiger partial charge in [0.1, 0.15) is 17.4 Å². The number of thiazole rings is 1. The van der Waals surface area contributed by atoms with E-state index in [1.165, 1.54) is 0 Å². The number of hydrogen-bond donors (Lipinski definition) is 0. The van der Waals surface area contributed by atoms with Crippen LogP contribution in [0.5, 0.6) is 5.75 Å². The molecule has 2 nitrogen and oxygen atoms in total. The average Bonchev–Trinajstić information content (AvgIpc) is 2.77. The normalized spacial score (nSPS) is 11.6. The molecule has 1 aromatic heterocycles. The summed E-state index contributed by atoms with van der Waals surface area (Å²) in [7, 11) is 0. The highest BCUT2D eigenvalue weighted by atomic mass is 35.5. The molecule has 0 N–H and O–H groups in total. The fourth-order valence-corrected chi connectivity index (χ4v) is 2.46. The number of halogens is 1. The van der Waals surface area contributed by atoms with Gasteiger partial charge in [0.15, 0.2) is 0 Å². The van der Waals surface area contributed by atoms with Crippen LogP contribution in [-0.4, -0.2) is 4.98 Å². The third-order valence-corrected chi connectivity index (χ3v) is 3.57. The molecule has 0 aliphatic rings. The molecule has 0 unspecified atom stereocenters. The zero-order valence-corrected chi connectivity index (χ0v) is 12.3. The number of nitrogens with zero attached hydrogens (tertiary/aromatic N) is 1. The van der Waals surface area contributed by atoms with E-state index in [1.54, 1.807) is 11.3 Å². The molecule has 4 heteroatoms. The van der Waals surface area contributed by atoms with Gasteiger partial charge in [0.25, 0.3) is 0 Å². The predicted molar refractivity (Wildman–Crippen MR) is 76.6 cm³/mol. The van der Waals surface area contributed by atoms with Gasteiger partial charge in [-0.1, -0.05) is 32.4 Å². The van der Waals surface area contributed by atoms with Crippen LogP contribution in [0.1, 0.15) is 31.5 Å². The lowest BCUT2D eigenvalue weighted by Crippen LogP contribution is -2.11. The molecule has 0 radical (unpaired) electrons. The zero-order valence-electron chi connectivity index (χ0n) is 10.7. The second kappa shape index (κ2) is 5.29. The smallest absolute Gasteiger partial charge is 0.140 e. The first-order chi connectivity index (χ1) is 8.45. The summed E-state index contributed by atoms with van der Waals surface area (Å²) < 4.78 is 5.66. The molecule has 0 saturated heterocycles. The number of hydrogen-bond acceptors (Lipinski definition) is 3. The van der Waals surface area contributed by atoms with Crippen molar-refractivity contribution in [3.05, 3.63) is 45.4 Å². The molecule has 1 heterocycles. The number of benzene rings is 1. The summed E-state index contributed by atoms with van der Waals surface area (Å²) in [5.74, 6) is 0.812. The van der Waals surface area contributed by atoms with E-state index in [4.69, 9.17) is 16.3 Å². The minimum atomic E-state index is 0.0923. The highest BCUT2D eigenvalue weighted by Gasteiger charge is 2.17.